The largest absolute Gasteiger partial charge is 0.338 e. The first-order chi connectivity index (χ1) is 9.74. The normalized spacial score (nSPS) is 9.90. The molecule has 6 heteroatoms. The van der Waals surface area contributed by atoms with Crippen molar-refractivity contribution in [3.63, 3.8) is 0 Å². The molecule has 0 saturated carbocycles. The number of nitrogens with one attached hydrogen (secondary N) is 2. The Morgan fingerprint density at radius 3 is 2.90 bits per heavy atom. The van der Waals surface area contributed by atoms with Crippen LogP contribution in [0.15, 0.2) is 36.8 Å². The van der Waals surface area contributed by atoms with E-state index < -0.39 is 0 Å². The molecule has 0 aliphatic heterocycles. The third-order valence-corrected chi connectivity index (χ3v) is 2.92. The monoisotopic (exact) mass is 268 g/mol. The van der Waals surface area contributed by atoms with Crippen LogP contribution in [0.2, 0.25) is 6.82 Å². The average molecular weight is 268 g/mol. The van der Waals surface area contributed by atoms with Crippen LogP contribution in [0.5, 0.6) is 0 Å². The maximum Gasteiger partial charge on any atom is 0.320 e. The lowest BCUT2D eigenvalue weighted by atomic mass is 9.71. The molecule has 0 atom stereocenters. The molecule has 2 aromatic heterocycles. The molecule has 2 rings (SSSR count). The highest BCUT2D eigenvalue weighted by molar-refractivity contribution is 6.54. The zero-order valence-corrected chi connectivity index (χ0v) is 11.7. The number of hydrogen-bond donors (Lipinski definition) is 2. The van der Waals surface area contributed by atoms with Gasteiger partial charge in [-0.3, -0.25) is 10.3 Å². The van der Waals surface area contributed by atoms with Gasteiger partial charge in [0, 0.05) is 25.1 Å². The Morgan fingerprint density at radius 1 is 1.40 bits per heavy atom. The van der Waals surface area contributed by atoms with Gasteiger partial charge >= 0.3 is 6.03 Å². The van der Waals surface area contributed by atoms with Crippen molar-refractivity contribution in [2.24, 2.45) is 0 Å². The van der Waals surface area contributed by atoms with Crippen molar-refractivity contribution in [3.05, 3.63) is 36.8 Å². The second kappa shape index (κ2) is 6.70. The number of anilines is 1. The van der Waals surface area contributed by atoms with Crippen molar-refractivity contribution in [3.8, 4) is 11.1 Å². The number of amides is 2. The summed E-state index contributed by atoms with van der Waals surface area (Å²) in [6.45, 7) is 4.52. The number of rotatable bonds is 4. The van der Waals surface area contributed by atoms with Crippen LogP contribution in [0.25, 0.3) is 11.1 Å². The summed E-state index contributed by atoms with van der Waals surface area (Å²) >= 11 is 0. The highest BCUT2D eigenvalue weighted by Crippen LogP contribution is 2.18. The number of nitrogens with zero attached hydrogens (tertiary/aromatic N) is 2. The quantitative estimate of drug-likeness (QED) is 0.823. The van der Waals surface area contributed by atoms with Crippen molar-refractivity contribution in [2.75, 3.05) is 11.9 Å². The standard InChI is InChI=1S/C14H17BN4O/c1-3-17-14(20)19-13-7-11(12(15-2)9-18-13)10-5-4-6-16-8-10/h4-9,15H,3H2,1-2H3,(H2,17,18,19,20). The molecule has 0 aliphatic rings. The van der Waals surface area contributed by atoms with Crippen molar-refractivity contribution in [1.82, 2.24) is 15.3 Å². The second-order valence-electron chi connectivity index (χ2n) is 4.31. The van der Waals surface area contributed by atoms with Crippen molar-refractivity contribution in [2.45, 2.75) is 13.7 Å². The summed E-state index contributed by atoms with van der Waals surface area (Å²) in [6.07, 6.45) is 5.35. The van der Waals surface area contributed by atoms with Crippen LogP contribution in [0.4, 0.5) is 10.6 Å². The third-order valence-electron chi connectivity index (χ3n) is 2.92. The first-order valence-electron chi connectivity index (χ1n) is 6.68. The Hall–Kier alpha value is -2.37. The summed E-state index contributed by atoms with van der Waals surface area (Å²) in [4.78, 5) is 19.9. The minimum Gasteiger partial charge on any atom is -0.338 e. The predicted molar refractivity (Wildman–Crippen MR) is 82.8 cm³/mol. The topological polar surface area (TPSA) is 66.9 Å². The fourth-order valence-corrected chi connectivity index (χ4v) is 1.95. The highest BCUT2D eigenvalue weighted by atomic mass is 16.2. The van der Waals surface area contributed by atoms with E-state index in [4.69, 9.17) is 0 Å². The summed E-state index contributed by atoms with van der Waals surface area (Å²) in [5.74, 6) is 0.534. The molecule has 0 saturated heterocycles. The molecule has 0 radical (unpaired) electrons. The minimum absolute atomic E-state index is 0.249. The molecule has 0 unspecified atom stereocenters. The molecule has 2 N–H and O–H groups in total. The molecule has 0 spiro atoms. The van der Waals surface area contributed by atoms with Gasteiger partial charge in [0.1, 0.15) is 5.82 Å². The van der Waals surface area contributed by atoms with E-state index in [1.165, 1.54) is 0 Å². The van der Waals surface area contributed by atoms with Crippen LogP contribution in [0, 0.1) is 0 Å². The summed E-state index contributed by atoms with van der Waals surface area (Å²) in [5, 5.41) is 5.40. The van der Waals surface area contributed by atoms with E-state index in [2.05, 4.69) is 27.4 Å². The van der Waals surface area contributed by atoms with E-state index in [0.717, 1.165) is 23.9 Å². The average Bonchev–Trinajstić information content (AvgIpc) is 2.48. The number of aromatic nitrogens is 2. The maximum atomic E-state index is 11.5. The van der Waals surface area contributed by atoms with Crippen LogP contribution in [0.3, 0.4) is 0 Å². The first-order valence-corrected chi connectivity index (χ1v) is 6.68. The molecule has 20 heavy (non-hydrogen) atoms. The third kappa shape index (κ3) is 3.35. The maximum absolute atomic E-state index is 11.5. The van der Waals surface area contributed by atoms with Crippen LogP contribution in [-0.2, 0) is 0 Å². The molecule has 0 aliphatic carbocycles. The molecule has 102 valence electrons. The summed E-state index contributed by atoms with van der Waals surface area (Å²) in [5.41, 5.74) is 3.19. The predicted octanol–water partition coefficient (Wildman–Crippen LogP) is 1.39. The Balaban J connectivity index is 2.32. The molecular formula is C14H17BN4O. The van der Waals surface area contributed by atoms with Crippen molar-refractivity contribution in [1.29, 1.82) is 0 Å². The van der Waals surface area contributed by atoms with Gasteiger partial charge in [0.2, 0.25) is 0 Å². The zero-order chi connectivity index (χ0) is 14.4. The molecule has 2 amide bonds. The van der Waals surface area contributed by atoms with Gasteiger partial charge in [0.05, 0.1) is 0 Å². The second-order valence-corrected chi connectivity index (χ2v) is 4.31. The van der Waals surface area contributed by atoms with Gasteiger partial charge in [0.15, 0.2) is 7.28 Å². The molecule has 2 aromatic rings. The highest BCUT2D eigenvalue weighted by Gasteiger charge is 2.08. The van der Waals surface area contributed by atoms with E-state index in [0.29, 0.717) is 12.4 Å². The number of pyridine rings is 2. The number of hydrogen-bond acceptors (Lipinski definition) is 3. The molecule has 0 bridgehead atoms. The van der Waals surface area contributed by atoms with Gasteiger partial charge < -0.3 is 5.32 Å². The van der Waals surface area contributed by atoms with Gasteiger partial charge in [0.25, 0.3) is 0 Å². The van der Waals surface area contributed by atoms with E-state index >= 15 is 0 Å². The van der Waals surface area contributed by atoms with E-state index in [-0.39, 0.29) is 6.03 Å². The molecule has 5 nitrogen and oxygen atoms in total. The molecule has 2 heterocycles. The first kappa shape index (κ1) is 14.1. The Bertz CT molecular complexity index is 589. The van der Waals surface area contributed by atoms with Gasteiger partial charge in [-0.15, -0.1) is 0 Å². The lowest BCUT2D eigenvalue weighted by molar-refractivity contribution is 0.252. The van der Waals surface area contributed by atoms with Gasteiger partial charge in [-0.1, -0.05) is 18.4 Å². The number of carbonyl (C=O) groups is 1. The Morgan fingerprint density at radius 2 is 2.25 bits per heavy atom. The van der Waals surface area contributed by atoms with Crippen LogP contribution in [0.1, 0.15) is 6.92 Å². The van der Waals surface area contributed by atoms with Crippen LogP contribution in [-0.4, -0.2) is 29.8 Å². The van der Waals surface area contributed by atoms with Crippen LogP contribution >= 0.6 is 0 Å². The SMILES string of the molecule is CBc1cnc(NC(=O)NCC)cc1-c1cccnc1. The zero-order valence-electron chi connectivity index (χ0n) is 11.7. The van der Waals surface area contributed by atoms with Gasteiger partial charge in [-0.05, 0) is 30.2 Å². The summed E-state index contributed by atoms with van der Waals surface area (Å²) in [6, 6.07) is 5.52. The van der Waals surface area contributed by atoms with Crippen molar-refractivity contribution >= 4 is 24.6 Å². The minimum atomic E-state index is -0.249. The van der Waals surface area contributed by atoms with Gasteiger partial charge in [-0.2, -0.15) is 0 Å². The van der Waals surface area contributed by atoms with E-state index in [9.17, 15) is 4.79 Å². The smallest absolute Gasteiger partial charge is 0.320 e. The van der Waals surface area contributed by atoms with Crippen molar-refractivity contribution < 1.29 is 4.79 Å². The molecule has 0 aromatic carbocycles. The molecule has 0 fully saturated rings. The Kier molecular flexibility index (Phi) is 4.71. The molecular weight excluding hydrogens is 251 g/mol. The summed E-state index contributed by atoms with van der Waals surface area (Å²) in [7, 11) is 0.874. The number of urea groups is 1. The van der Waals surface area contributed by atoms with E-state index in [1.54, 1.807) is 12.4 Å². The fourth-order valence-electron chi connectivity index (χ4n) is 1.95. The Labute approximate surface area is 119 Å². The summed E-state index contributed by atoms with van der Waals surface area (Å²) < 4.78 is 0. The van der Waals surface area contributed by atoms with Crippen LogP contribution < -0.4 is 16.1 Å². The lowest BCUT2D eigenvalue weighted by Crippen LogP contribution is -2.29. The van der Waals surface area contributed by atoms with E-state index in [1.807, 2.05) is 31.3 Å². The van der Waals surface area contributed by atoms with Gasteiger partial charge in [-0.25, -0.2) is 9.78 Å². The lowest BCUT2D eigenvalue weighted by Gasteiger charge is -2.11. The fraction of sp³-hybridized carbons (Fsp3) is 0.214. The number of carbonyl (C=O) groups excluding carboxylic acids is 1.